The van der Waals surface area contributed by atoms with Gasteiger partial charge in [-0.05, 0) is 12.1 Å². The number of rotatable bonds is 5. The van der Waals surface area contributed by atoms with Crippen LogP contribution in [0.1, 0.15) is 23.1 Å². The molecule has 7 heteroatoms. The zero-order chi connectivity index (χ0) is 16.4. The number of nitrogens with two attached hydrogens (primary N) is 1. The molecule has 0 bridgehead atoms. The minimum atomic E-state index is -0.780. The summed E-state index contributed by atoms with van der Waals surface area (Å²) in [4.78, 5) is 19.4. The van der Waals surface area contributed by atoms with Crippen LogP contribution >= 0.6 is 0 Å². The SMILES string of the molecule is N[C@@H](CO)c1nc(/C=C2\C=Nc3ccccc32)c(O)n1CC=O. The fraction of sp³-hybridized carbons (Fsp3) is 0.188. The van der Waals surface area contributed by atoms with Gasteiger partial charge in [0.15, 0.2) is 0 Å². The number of aromatic nitrogens is 2. The molecule has 1 aromatic heterocycles. The van der Waals surface area contributed by atoms with Gasteiger partial charge in [-0.1, -0.05) is 18.2 Å². The van der Waals surface area contributed by atoms with E-state index >= 15 is 0 Å². The Bertz CT molecular complexity index is 808. The number of carbonyl (C=O) groups excluding carboxylic acids is 1. The molecule has 1 atom stereocenters. The molecule has 0 spiro atoms. The molecule has 0 unspecified atom stereocenters. The molecule has 0 aliphatic carbocycles. The number of aromatic hydroxyl groups is 1. The Labute approximate surface area is 132 Å². The molecular weight excluding hydrogens is 296 g/mol. The van der Waals surface area contributed by atoms with E-state index < -0.39 is 6.04 Å². The second kappa shape index (κ2) is 6.15. The summed E-state index contributed by atoms with van der Waals surface area (Å²) in [5, 5.41) is 19.5. The molecule has 0 saturated heterocycles. The standard InChI is InChI=1S/C16H16N4O3/c17-12(9-22)15-19-14(16(23)20(15)5-6-21)7-10-8-18-13-4-2-1-3-11(10)13/h1-4,6-8,12,22-23H,5,9,17H2/b10-7+/t12-/m0/s1. The van der Waals surface area contributed by atoms with Crippen LogP contribution in [0, 0.1) is 0 Å². The minimum Gasteiger partial charge on any atom is -0.493 e. The summed E-state index contributed by atoms with van der Waals surface area (Å²) in [6.45, 7) is -0.425. The first-order valence-electron chi connectivity index (χ1n) is 7.10. The second-order valence-corrected chi connectivity index (χ2v) is 5.12. The summed E-state index contributed by atoms with van der Waals surface area (Å²) in [6.07, 6.45) is 4.01. The Morgan fingerprint density at radius 3 is 2.87 bits per heavy atom. The van der Waals surface area contributed by atoms with Gasteiger partial charge in [0.05, 0.1) is 24.9 Å². The number of hydrogen-bond acceptors (Lipinski definition) is 6. The number of para-hydroxylation sites is 1. The van der Waals surface area contributed by atoms with Crippen LogP contribution in [0.4, 0.5) is 5.69 Å². The molecule has 1 aliphatic rings. The van der Waals surface area contributed by atoms with Crippen molar-refractivity contribution in [2.24, 2.45) is 10.7 Å². The van der Waals surface area contributed by atoms with Crippen molar-refractivity contribution in [1.29, 1.82) is 0 Å². The maximum atomic E-state index is 10.8. The summed E-state index contributed by atoms with van der Waals surface area (Å²) in [5.41, 5.74) is 8.65. The molecule has 2 aromatic rings. The van der Waals surface area contributed by atoms with Crippen molar-refractivity contribution < 1.29 is 15.0 Å². The largest absolute Gasteiger partial charge is 0.493 e. The third-order valence-electron chi connectivity index (χ3n) is 3.63. The minimum absolute atomic E-state index is 0.0876. The normalized spacial score (nSPS) is 15.8. The van der Waals surface area contributed by atoms with Crippen LogP contribution in [0.25, 0.3) is 11.6 Å². The summed E-state index contributed by atoms with van der Waals surface area (Å²) in [5.74, 6) is 0.0912. The predicted octanol–water partition coefficient (Wildman–Crippen LogP) is 1.04. The van der Waals surface area contributed by atoms with Gasteiger partial charge < -0.3 is 20.7 Å². The maximum absolute atomic E-state index is 10.8. The Morgan fingerprint density at radius 1 is 1.35 bits per heavy atom. The maximum Gasteiger partial charge on any atom is 0.219 e. The number of carbonyl (C=O) groups is 1. The lowest BCUT2D eigenvalue weighted by molar-refractivity contribution is -0.108. The Balaban J connectivity index is 2.06. The fourth-order valence-corrected chi connectivity index (χ4v) is 2.50. The number of benzene rings is 1. The monoisotopic (exact) mass is 312 g/mol. The van der Waals surface area contributed by atoms with Crippen LogP contribution < -0.4 is 5.73 Å². The molecule has 7 nitrogen and oxygen atoms in total. The van der Waals surface area contributed by atoms with E-state index in [0.29, 0.717) is 6.29 Å². The molecule has 1 aromatic carbocycles. The van der Waals surface area contributed by atoms with Crippen molar-refractivity contribution in [2.45, 2.75) is 12.6 Å². The number of allylic oxidation sites excluding steroid dienone is 1. The number of nitrogens with zero attached hydrogens (tertiary/aromatic N) is 3. The summed E-state index contributed by atoms with van der Waals surface area (Å²) < 4.78 is 1.29. The van der Waals surface area contributed by atoms with E-state index in [-0.39, 0.29) is 30.5 Å². The fourth-order valence-electron chi connectivity index (χ4n) is 2.50. The highest BCUT2D eigenvalue weighted by Crippen LogP contribution is 2.33. The first-order chi connectivity index (χ1) is 11.2. The van der Waals surface area contributed by atoms with Crippen LogP contribution in [0.2, 0.25) is 0 Å². The zero-order valence-electron chi connectivity index (χ0n) is 12.3. The van der Waals surface area contributed by atoms with E-state index in [1.54, 1.807) is 12.3 Å². The highest BCUT2D eigenvalue weighted by Gasteiger charge is 2.21. The van der Waals surface area contributed by atoms with Crippen LogP contribution in [0.3, 0.4) is 0 Å². The van der Waals surface area contributed by atoms with Gasteiger partial charge in [-0.25, -0.2) is 4.98 Å². The summed E-state index contributed by atoms with van der Waals surface area (Å²) in [7, 11) is 0. The van der Waals surface area contributed by atoms with Crippen molar-refractivity contribution in [3.8, 4) is 5.88 Å². The van der Waals surface area contributed by atoms with E-state index in [9.17, 15) is 15.0 Å². The highest BCUT2D eigenvalue weighted by atomic mass is 16.3. The van der Waals surface area contributed by atoms with Gasteiger partial charge >= 0.3 is 0 Å². The Kier molecular flexibility index (Phi) is 4.05. The lowest BCUT2D eigenvalue weighted by atomic mass is 10.1. The van der Waals surface area contributed by atoms with Crippen LogP contribution in [-0.2, 0) is 11.3 Å². The van der Waals surface area contributed by atoms with Crippen molar-refractivity contribution in [3.05, 3.63) is 41.3 Å². The number of aliphatic hydroxyl groups excluding tert-OH is 1. The number of aliphatic hydroxyl groups is 1. The first-order valence-corrected chi connectivity index (χ1v) is 7.10. The quantitative estimate of drug-likeness (QED) is 0.714. The molecule has 0 saturated carbocycles. The van der Waals surface area contributed by atoms with Crippen LogP contribution in [0.15, 0.2) is 29.3 Å². The first kappa shape index (κ1) is 15.1. The molecule has 118 valence electrons. The average Bonchev–Trinajstić information content (AvgIpc) is 3.11. The van der Waals surface area contributed by atoms with Crippen molar-refractivity contribution in [2.75, 3.05) is 6.61 Å². The van der Waals surface area contributed by atoms with Gasteiger partial charge in [-0.3, -0.25) is 9.56 Å². The molecule has 3 rings (SSSR count). The lowest BCUT2D eigenvalue weighted by Gasteiger charge is -2.09. The third-order valence-corrected chi connectivity index (χ3v) is 3.63. The lowest BCUT2D eigenvalue weighted by Crippen LogP contribution is -2.20. The molecule has 23 heavy (non-hydrogen) atoms. The molecule has 1 aliphatic heterocycles. The molecule has 2 heterocycles. The predicted molar refractivity (Wildman–Crippen MR) is 86.4 cm³/mol. The molecule has 0 radical (unpaired) electrons. The smallest absolute Gasteiger partial charge is 0.219 e. The van der Waals surface area contributed by atoms with Crippen LogP contribution in [-0.4, -0.2) is 38.9 Å². The van der Waals surface area contributed by atoms with Crippen LogP contribution in [0.5, 0.6) is 5.88 Å². The van der Waals surface area contributed by atoms with Gasteiger partial charge in [0.25, 0.3) is 0 Å². The molecule has 4 N–H and O–H groups in total. The van der Waals surface area contributed by atoms with Crippen molar-refractivity contribution in [3.63, 3.8) is 0 Å². The van der Waals surface area contributed by atoms with Gasteiger partial charge in [0.2, 0.25) is 5.88 Å². The Morgan fingerprint density at radius 2 is 2.13 bits per heavy atom. The summed E-state index contributed by atoms with van der Waals surface area (Å²) >= 11 is 0. The number of fused-ring (bicyclic) bond motifs is 1. The topological polar surface area (TPSA) is 114 Å². The average molecular weight is 312 g/mol. The van der Waals surface area contributed by atoms with Gasteiger partial charge in [-0.15, -0.1) is 0 Å². The second-order valence-electron chi connectivity index (χ2n) is 5.12. The number of aldehydes is 1. The number of hydrogen-bond donors (Lipinski definition) is 3. The highest BCUT2D eigenvalue weighted by molar-refractivity contribution is 6.21. The van der Waals surface area contributed by atoms with Crippen molar-refractivity contribution >= 4 is 29.8 Å². The molecule has 0 amide bonds. The Hall–Kier alpha value is -2.77. The molecule has 0 fully saturated rings. The van der Waals surface area contributed by atoms with E-state index in [2.05, 4.69) is 9.98 Å². The zero-order valence-corrected chi connectivity index (χ0v) is 12.3. The van der Waals surface area contributed by atoms with Gasteiger partial charge in [0.1, 0.15) is 17.8 Å². The van der Waals surface area contributed by atoms with E-state index in [4.69, 9.17) is 5.73 Å². The van der Waals surface area contributed by atoms with Gasteiger partial charge in [-0.2, -0.15) is 0 Å². The van der Waals surface area contributed by atoms with Crippen molar-refractivity contribution in [1.82, 2.24) is 9.55 Å². The summed E-state index contributed by atoms with van der Waals surface area (Å²) in [6, 6.07) is 6.84. The van der Waals surface area contributed by atoms with E-state index in [1.807, 2.05) is 24.3 Å². The van der Waals surface area contributed by atoms with E-state index in [0.717, 1.165) is 16.8 Å². The number of aliphatic imine (C=N–C) groups is 1. The third kappa shape index (κ3) is 2.67. The van der Waals surface area contributed by atoms with E-state index in [1.165, 1.54) is 4.57 Å². The van der Waals surface area contributed by atoms with Gasteiger partial charge in [0, 0.05) is 17.4 Å². The number of imidazole rings is 1. The molecular formula is C16H16N4O3.